The highest BCUT2D eigenvalue weighted by Crippen LogP contribution is 2.23. The van der Waals surface area contributed by atoms with E-state index >= 15 is 0 Å². The van der Waals surface area contributed by atoms with Crippen molar-refractivity contribution in [3.8, 4) is 0 Å². The zero-order chi connectivity index (χ0) is 16.1. The molecule has 0 aromatic carbocycles. The summed E-state index contributed by atoms with van der Waals surface area (Å²) in [7, 11) is 3.60. The first kappa shape index (κ1) is 16.2. The number of amides is 2. The Bertz CT molecular complexity index is 636. The van der Waals surface area contributed by atoms with Crippen LogP contribution >= 0.6 is 11.3 Å². The molecule has 2 aromatic heterocycles. The third-order valence-corrected chi connectivity index (χ3v) is 4.23. The number of aromatic nitrogens is 2. The molecule has 22 heavy (non-hydrogen) atoms. The molecule has 0 radical (unpaired) electrons. The number of nitrogens with zero attached hydrogens (tertiary/aromatic N) is 3. The molecule has 1 unspecified atom stereocenters. The summed E-state index contributed by atoms with van der Waals surface area (Å²) in [6.45, 7) is 1.97. The molecule has 0 aliphatic rings. The number of nitrogens with one attached hydrogen (secondary N) is 1. The maximum Gasteiger partial charge on any atom is 0.225 e. The van der Waals surface area contributed by atoms with Gasteiger partial charge in [0.2, 0.25) is 11.8 Å². The minimum atomic E-state index is -0.277. The van der Waals surface area contributed by atoms with E-state index in [2.05, 4.69) is 10.4 Å². The van der Waals surface area contributed by atoms with Crippen LogP contribution in [0.3, 0.4) is 0 Å². The van der Waals surface area contributed by atoms with Gasteiger partial charge >= 0.3 is 0 Å². The topological polar surface area (TPSA) is 67.2 Å². The number of carbonyl (C=O) groups is 2. The molecular weight excluding hydrogens is 300 g/mol. The molecule has 0 saturated heterocycles. The average Bonchev–Trinajstić information content (AvgIpc) is 3.09. The van der Waals surface area contributed by atoms with Gasteiger partial charge in [0.15, 0.2) is 0 Å². The van der Waals surface area contributed by atoms with Crippen molar-refractivity contribution in [2.24, 2.45) is 7.05 Å². The largest absolute Gasteiger partial charge is 0.348 e. The molecule has 0 bridgehead atoms. The first-order valence-electron chi connectivity index (χ1n) is 6.97. The van der Waals surface area contributed by atoms with Gasteiger partial charge in [-0.3, -0.25) is 14.3 Å². The predicted octanol–water partition coefficient (Wildman–Crippen LogP) is 1.71. The lowest BCUT2D eigenvalue weighted by Gasteiger charge is -2.21. The maximum atomic E-state index is 12.4. The Hall–Kier alpha value is -2.15. The number of aryl methyl sites for hydroxylation is 1. The zero-order valence-electron chi connectivity index (χ0n) is 12.9. The van der Waals surface area contributed by atoms with Crippen LogP contribution in [0, 0.1) is 0 Å². The van der Waals surface area contributed by atoms with Crippen LogP contribution in [0.5, 0.6) is 0 Å². The molecule has 2 amide bonds. The Morgan fingerprint density at radius 1 is 1.50 bits per heavy atom. The lowest BCUT2D eigenvalue weighted by Crippen LogP contribution is -2.33. The summed E-state index contributed by atoms with van der Waals surface area (Å²) in [5.74, 6) is -0.155. The van der Waals surface area contributed by atoms with E-state index in [1.165, 1.54) is 18.3 Å². The molecule has 0 aliphatic heterocycles. The van der Waals surface area contributed by atoms with Crippen molar-refractivity contribution < 1.29 is 9.59 Å². The fraction of sp³-hybridized carbons (Fsp3) is 0.400. The quantitative estimate of drug-likeness (QED) is 0.881. The second kappa shape index (κ2) is 7.22. The van der Waals surface area contributed by atoms with Gasteiger partial charge in [-0.15, -0.1) is 11.3 Å². The summed E-state index contributed by atoms with van der Waals surface area (Å²) in [6, 6.07) is 3.57. The summed E-state index contributed by atoms with van der Waals surface area (Å²) >= 11 is 1.54. The molecule has 2 aromatic rings. The van der Waals surface area contributed by atoms with E-state index in [9.17, 15) is 9.59 Å². The minimum Gasteiger partial charge on any atom is -0.348 e. The highest BCUT2D eigenvalue weighted by molar-refractivity contribution is 7.10. The van der Waals surface area contributed by atoms with Gasteiger partial charge in [-0.05, 0) is 11.4 Å². The standard InChI is InChI=1S/C15H20N4O2S/c1-11(20)17-13(14-5-4-6-22-14)7-15(21)18(2)9-12-8-16-19(3)10-12/h4-6,8,10,13H,7,9H2,1-3H3,(H,17,20). The van der Waals surface area contributed by atoms with Gasteiger partial charge in [-0.2, -0.15) is 5.10 Å². The lowest BCUT2D eigenvalue weighted by atomic mass is 10.1. The van der Waals surface area contributed by atoms with Gasteiger partial charge in [-0.1, -0.05) is 6.07 Å². The molecule has 0 spiro atoms. The normalized spacial score (nSPS) is 12.0. The number of thiophene rings is 1. The highest BCUT2D eigenvalue weighted by Gasteiger charge is 2.20. The molecule has 2 heterocycles. The minimum absolute atomic E-state index is 0.0176. The van der Waals surface area contributed by atoms with Crippen LogP contribution < -0.4 is 5.32 Å². The van der Waals surface area contributed by atoms with Gasteiger partial charge in [0.05, 0.1) is 18.7 Å². The smallest absolute Gasteiger partial charge is 0.225 e. The number of carbonyl (C=O) groups excluding carboxylic acids is 2. The fourth-order valence-electron chi connectivity index (χ4n) is 2.20. The van der Waals surface area contributed by atoms with Crippen molar-refractivity contribution in [2.75, 3.05) is 7.05 Å². The van der Waals surface area contributed by atoms with E-state index in [-0.39, 0.29) is 24.3 Å². The summed E-state index contributed by atoms with van der Waals surface area (Å²) in [5, 5.41) is 8.88. The van der Waals surface area contributed by atoms with Crippen molar-refractivity contribution in [1.29, 1.82) is 0 Å². The monoisotopic (exact) mass is 320 g/mol. The van der Waals surface area contributed by atoms with Crippen LogP contribution in [0.4, 0.5) is 0 Å². The molecule has 1 atom stereocenters. The molecule has 6 nitrogen and oxygen atoms in total. The van der Waals surface area contributed by atoms with Gasteiger partial charge in [0, 0.05) is 44.2 Å². The van der Waals surface area contributed by atoms with E-state index in [0.717, 1.165) is 10.4 Å². The Labute approximate surface area is 133 Å². The second-order valence-corrected chi connectivity index (χ2v) is 6.22. The summed E-state index contributed by atoms with van der Waals surface area (Å²) in [5.41, 5.74) is 0.977. The maximum absolute atomic E-state index is 12.4. The Balaban J connectivity index is 1.99. The average molecular weight is 320 g/mol. The Kier molecular flexibility index (Phi) is 5.32. The molecular formula is C15H20N4O2S. The third kappa shape index (κ3) is 4.42. The van der Waals surface area contributed by atoms with Crippen LogP contribution in [0.2, 0.25) is 0 Å². The van der Waals surface area contributed by atoms with Gasteiger partial charge in [0.1, 0.15) is 0 Å². The van der Waals surface area contributed by atoms with Crippen LogP contribution in [-0.2, 0) is 23.2 Å². The summed E-state index contributed by atoms with van der Waals surface area (Å²) in [4.78, 5) is 26.4. The van der Waals surface area contributed by atoms with E-state index in [4.69, 9.17) is 0 Å². The van der Waals surface area contributed by atoms with Crippen molar-refractivity contribution in [3.63, 3.8) is 0 Å². The van der Waals surface area contributed by atoms with Crippen molar-refractivity contribution >= 4 is 23.2 Å². The molecule has 118 valence electrons. The van der Waals surface area contributed by atoms with E-state index in [0.29, 0.717) is 6.54 Å². The molecule has 2 rings (SSSR count). The third-order valence-electron chi connectivity index (χ3n) is 3.25. The number of hydrogen-bond acceptors (Lipinski definition) is 4. The van der Waals surface area contributed by atoms with Crippen molar-refractivity contribution in [3.05, 3.63) is 40.3 Å². The lowest BCUT2D eigenvalue weighted by molar-refractivity contribution is -0.131. The van der Waals surface area contributed by atoms with E-state index in [1.54, 1.807) is 22.8 Å². The van der Waals surface area contributed by atoms with Crippen LogP contribution in [0.15, 0.2) is 29.9 Å². The summed E-state index contributed by atoms with van der Waals surface area (Å²) in [6.07, 6.45) is 3.87. The summed E-state index contributed by atoms with van der Waals surface area (Å²) < 4.78 is 1.71. The van der Waals surface area contributed by atoms with Crippen LogP contribution in [0.25, 0.3) is 0 Å². The Morgan fingerprint density at radius 2 is 2.27 bits per heavy atom. The molecule has 1 N–H and O–H groups in total. The zero-order valence-corrected chi connectivity index (χ0v) is 13.8. The van der Waals surface area contributed by atoms with Crippen molar-refractivity contribution in [1.82, 2.24) is 20.0 Å². The molecule has 0 saturated carbocycles. The predicted molar refractivity (Wildman–Crippen MR) is 85.2 cm³/mol. The van der Waals surface area contributed by atoms with Gasteiger partial charge in [-0.25, -0.2) is 0 Å². The number of hydrogen-bond donors (Lipinski definition) is 1. The van der Waals surface area contributed by atoms with Gasteiger partial charge in [0.25, 0.3) is 0 Å². The molecule has 0 fully saturated rings. The number of rotatable bonds is 6. The van der Waals surface area contributed by atoms with Crippen LogP contribution in [-0.4, -0.2) is 33.5 Å². The first-order valence-corrected chi connectivity index (χ1v) is 7.85. The van der Waals surface area contributed by atoms with E-state index in [1.807, 2.05) is 30.8 Å². The SMILES string of the molecule is CC(=O)NC(CC(=O)N(C)Cc1cnn(C)c1)c1cccs1. The molecule has 7 heteroatoms. The first-order chi connectivity index (χ1) is 10.5. The molecule has 0 aliphatic carbocycles. The van der Waals surface area contributed by atoms with E-state index < -0.39 is 0 Å². The van der Waals surface area contributed by atoms with Gasteiger partial charge < -0.3 is 10.2 Å². The van der Waals surface area contributed by atoms with Crippen LogP contribution in [0.1, 0.15) is 29.8 Å². The fourth-order valence-corrected chi connectivity index (χ4v) is 2.98. The highest BCUT2D eigenvalue weighted by atomic mass is 32.1. The van der Waals surface area contributed by atoms with Crippen molar-refractivity contribution in [2.45, 2.75) is 25.9 Å². The second-order valence-electron chi connectivity index (χ2n) is 5.24. The Morgan fingerprint density at radius 3 is 2.82 bits per heavy atom.